The quantitative estimate of drug-likeness (QED) is 0.857. The van der Waals surface area contributed by atoms with Crippen LogP contribution in [0, 0.1) is 5.92 Å². The molecule has 1 unspecified atom stereocenters. The molecule has 0 aromatic heterocycles. The molecule has 0 spiro atoms. The van der Waals surface area contributed by atoms with E-state index in [1.54, 1.807) is 6.26 Å². The third kappa shape index (κ3) is 5.55. The molecule has 0 amide bonds. The molecule has 1 aromatic carbocycles. The molecule has 0 radical (unpaired) electrons. The molecule has 0 fully saturated rings. The zero-order valence-electron chi connectivity index (χ0n) is 10.6. The van der Waals surface area contributed by atoms with Crippen molar-refractivity contribution in [2.75, 3.05) is 18.1 Å². The van der Waals surface area contributed by atoms with Crippen LogP contribution >= 0.6 is 11.6 Å². The first kappa shape index (κ1) is 14.5. The van der Waals surface area contributed by atoms with Gasteiger partial charge in [-0.15, -0.1) is 0 Å². The first-order valence-electron chi connectivity index (χ1n) is 5.81. The Balaban J connectivity index is 2.64. The number of hydrogen-bond acceptors (Lipinski definition) is 2. The van der Waals surface area contributed by atoms with E-state index in [-0.39, 0.29) is 0 Å². The molecule has 0 aliphatic carbocycles. The molecule has 96 valence electrons. The minimum Gasteiger partial charge on any atom is -0.385 e. The minimum atomic E-state index is -0.860. The maximum absolute atomic E-state index is 11.2. The largest absolute Gasteiger partial charge is 0.385 e. The molecular weight excluding hydrogens is 254 g/mol. The lowest BCUT2D eigenvalue weighted by Gasteiger charge is -2.10. The summed E-state index contributed by atoms with van der Waals surface area (Å²) in [5.41, 5.74) is 2.00. The molecule has 4 heteroatoms. The standard InChI is InChI=1S/C13H20ClNOS/c1-10(2)6-7-15-12-4-5-13(14)11(8-12)9-17(3)16/h4-5,8,10,15H,6-7,9H2,1-3H3. The summed E-state index contributed by atoms with van der Waals surface area (Å²) in [6, 6.07) is 5.82. The molecule has 0 heterocycles. The zero-order valence-corrected chi connectivity index (χ0v) is 12.2. The van der Waals surface area contributed by atoms with Crippen molar-refractivity contribution in [1.82, 2.24) is 0 Å². The van der Waals surface area contributed by atoms with Crippen LogP contribution in [0.1, 0.15) is 25.8 Å². The van der Waals surface area contributed by atoms with Crippen LogP contribution in [0.2, 0.25) is 5.02 Å². The van der Waals surface area contributed by atoms with Crippen LogP contribution in [0.5, 0.6) is 0 Å². The van der Waals surface area contributed by atoms with Crippen molar-refractivity contribution < 1.29 is 4.21 Å². The Bertz CT molecular complexity index is 393. The highest BCUT2D eigenvalue weighted by Gasteiger charge is 2.04. The number of rotatable bonds is 6. The van der Waals surface area contributed by atoms with Gasteiger partial charge in [0.25, 0.3) is 0 Å². The Morgan fingerprint density at radius 2 is 2.12 bits per heavy atom. The van der Waals surface area contributed by atoms with Gasteiger partial charge in [0, 0.05) is 40.1 Å². The fourth-order valence-electron chi connectivity index (χ4n) is 1.52. The number of benzene rings is 1. The molecule has 17 heavy (non-hydrogen) atoms. The predicted octanol–water partition coefficient (Wildman–Crippen LogP) is 3.68. The first-order chi connectivity index (χ1) is 7.99. The molecule has 0 saturated carbocycles. The van der Waals surface area contributed by atoms with E-state index in [2.05, 4.69) is 19.2 Å². The average molecular weight is 274 g/mol. The molecular formula is C13H20ClNOS. The summed E-state index contributed by atoms with van der Waals surface area (Å²) in [6.45, 7) is 5.36. The Morgan fingerprint density at radius 3 is 2.71 bits per heavy atom. The summed E-state index contributed by atoms with van der Waals surface area (Å²) in [5, 5.41) is 4.05. The van der Waals surface area contributed by atoms with Crippen LogP contribution in [0.4, 0.5) is 5.69 Å². The second kappa shape index (κ2) is 7.02. The van der Waals surface area contributed by atoms with Gasteiger partial charge in [-0.3, -0.25) is 4.21 Å². The number of anilines is 1. The molecule has 0 saturated heterocycles. The third-order valence-electron chi connectivity index (χ3n) is 2.46. The fourth-order valence-corrected chi connectivity index (χ4v) is 2.46. The molecule has 1 aromatic rings. The van der Waals surface area contributed by atoms with Crippen LogP contribution in [-0.2, 0) is 16.6 Å². The topological polar surface area (TPSA) is 29.1 Å². The van der Waals surface area contributed by atoms with E-state index in [4.69, 9.17) is 11.6 Å². The van der Waals surface area contributed by atoms with Crippen molar-refractivity contribution in [1.29, 1.82) is 0 Å². The zero-order chi connectivity index (χ0) is 12.8. The van der Waals surface area contributed by atoms with Gasteiger partial charge in [0.2, 0.25) is 0 Å². The summed E-state index contributed by atoms with van der Waals surface area (Å²) >= 11 is 6.06. The van der Waals surface area contributed by atoms with Crippen LogP contribution in [0.3, 0.4) is 0 Å². The highest BCUT2D eigenvalue weighted by molar-refractivity contribution is 7.83. The van der Waals surface area contributed by atoms with Crippen LogP contribution < -0.4 is 5.32 Å². The summed E-state index contributed by atoms with van der Waals surface area (Å²) in [4.78, 5) is 0. The van der Waals surface area contributed by atoms with Gasteiger partial charge in [-0.05, 0) is 36.1 Å². The van der Waals surface area contributed by atoms with E-state index in [0.29, 0.717) is 16.7 Å². The van der Waals surface area contributed by atoms with Crippen LogP contribution in [-0.4, -0.2) is 17.0 Å². The fraction of sp³-hybridized carbons (Fsp3) is 0.538. The molecule has 2 nitrogen and oxygen atoms in total. The Morgan fingerprint density at radius 1 is 1.41 bits per heavy atom. The highest BCUT2D eigenvalue weighted by atomic mass is 35.5. The number of nitrogens with one attached hydrogen (secondary N) is 1. The van der Waals surface area contributed by atoms with Gasteiger partial charge >= 0.3 is 0 Å². The lowest BCUT2D eigenvalue weighted by Crippen LogP contribution is -2.05. The van der Waals surface area contributed by atoms with Crippen molar-refractivity contribution in [3.63, 3.8) is 0 Å². The van der Waals surface area contributed by atoms with Gasteiger partial charge in [-0.1, -0.05) is 25.4 Å². The second-order valence-electron chi connectivity index (χ2n) is 4.63. The Hall–Kier alpha value is -0.540. The van der Waals surface area contributed by atoms with Crippen molar-refractivity contribution >= 4 is 28.1 Å². The van der Waals surface area contributed by atoms with Crippen molar-refractivity contribution in [2.45, 2.75) is 26.0 Å². The van der Waals surface area contributed by atoms with E-state index in [1.165, 1.54) is 0 Å². The second-order valence-corrected chi connectivity index (χ2v) is 6.48. The monoisotopic (exact) mass is 273 g/mol. The SMILES string of the molecule is CC(C)CCNc1ccc(Cl)c(CS(C)=O)c1. The summed E-state index contributed by atoms with van der Waals surface area (Å²) in [5.74, 6) is 1.20. The van der Waals surface area contributed by atoms with E-state index in [9.17, 15) is 4.21 Å². The predicted molar refractivity (Wildman–Crippen MR) is 77.2 cm³/mol. The molecule has 1 atom stereocenters. The maximum atomic E-state index is 11.2. The molecule has 1 rings (SSSR count). The Labute approximate surface area is 111 Å². The smallest absolute Gasteiger partial charge is 0.0498 e. The van der Waals surface area contributed by atoms with Crippen LogP contribution in [0.15, 0.2) is 18.2 Å². The maximum Gasteiger partial charge on any atom is 0.0498 e. The van der Waals surface area contributed by atoms with Gasteiger partial charge in [0.15, 0.2) is 0 Å². The average Bonchev–Trinajstić information content (AvgIpc) is 2.21. The Kier molecular flexibility index (Phi) is 6.00. The van der Waals surface area contributed by atoms with Crippen molar-refractivity contribution in [2.24, 2.45) is 5.92 Å². The van der Waals surface area contributed by atoms with Gasteiger partial charge in [0.1, 0.15) is 0 Å². The van der Waals surface area contributed by atoms with E-state index >= 15 is 0 Å². The summed E-state index contributed by atoms with van der Waals surface area (Å²) < 4.78 is 11.2. The van der Waals surface area contributed by atoms with Crippen molar-refractivity contribution in [3.05, 3.63) is 28.8 Å². The van der Waals surface area contributed by atoms with E-state index in [1.807, 2.05) is 18.2 Å². The van der Waals surface area contributed by atoms with Gasteiger partial charge in [0.05, 0.1) is 0 Å². The normalized spacial score (nSPS) is 12.8. The molecule has 1 N–H and O–H groups in total. The summed E-state index contributed by atoms with van der Waals surface area (Å²) in [6.07, 6.45) is 2.83. The van der Waals surface area contributed by atoms with Crippen molar-refractivity contribution in [3.8, 4) is 0 Å². The van der Waals surface area contributed by atoms with Gasteiger partial charge in [-0.2, -0.15) is 0 Å². The number of halogens is 1. The first-order valence-corrected chi connectivity index (χ1v) is 7.92. The van der Waals surface area contributed by atoms with Gasteiger partial charge < -0.3 is 5.32 Å². The molecule has 0 aliphatic heterocycles. The highest BCUT2D eigenvalue weighted by Crippen LogP contribution is 2.22. The van der Waals surface area contributed by atoms with E-state index in [0.717, 1.165) is 24.2 Å². The minimum absolute atomic E-state index is 0.512. The number of hydrogen-bond donors (Lipinski definition) is 1. The lowest BCUT2D eigenvalue weighted by molar-refractivity contribution is 0.607. The molecule has 0 bridgehead atoms. The van der Waals surface area contributed by atoms with Crippen LogP contribution in [0.25, 0.3) is 0 Å². The van der Waals surface area contributed by atoms with E-state index < -0.39 is 10.8 Å². The third-order valence-corrected chi connectivity index (χ3v) is 3.54. The molecule has 0 aliphatic rings. The lowest BCUT2D eigenvalue weighted by atomic mass is 10.1. The van der Waals surface area contributed by atoms with Gasteiger partial charge in [-0.25, -0.2) is 0 Å². The summed E-state index contributed by atoms with van der Waals surface area (Å²) in [7, 11) is -0.860.